The highest BCUT2D eigenvalue weighted by Crippen LogP contribution is 2.33. The number of para-hydroxylation sites is 1. The topological polar surface area (TPSA) is 46.8 Å². The molecule has 3 aromatic rings. The standard InChI is InChI=1S/C19H19N3O2/c1-24-18-9-3-2-7-14(18)15-13-16(19(23)21-10-4-5-11-21)20-22-12-6-8-17(15)22/h2-3,6-9,12-13H,4-5,10-11H2,1H3. The average Bonchev–Trinajstić information content (AvgIpc) is 3.31. The monoisotopic (exact) mass is 321 g/mol. The Labute approximate surface area is 140 Å². The Morgan fingerprint density at radius 3 is 2.67 bits per heavy atom. The molecule has 2 aromatic heterocycles. The van der Waals surface area contributed by atoms with Crippen molar-refractivity contribution in [2.45, 2.75) is 12.8 Å². The molecule has 0 N–H and O–H groups in total. The van der Waals surface area contributed by atoms with Gasteiger partial charge in [0.05, 0.1) is 12.6 Å². The molecule has 5 heteroatoms. The van der Waals surface area contributed by atoms with E-state index in [1.165, 1.54) is 0 Å². The van der Waals surface area contributed by atoms with Crippen LogP contribution in [0.2, 0.25) is 0 Å². The average molecular weight is 321 g/mol. The van der Waals surface area contributed by atoms with Crippen molar-refractivity contribution in [2.75, 3.05) is 20.2 Å². The van der Waals surface area contributed by atoms with Gasteiger partial charge in [0.1, 0.15) is 11.4 Å². The van der Waals surface area contributed by atoms with Crippen molar-refractivity contribution in [3.05, 3.63) is 54.4 Å². The Balaban J connectivity index is 1.88. The molecule has 5 nitrogen and oxygen atoms in total. The highest BCUT2D eigenvalue weighted by atomic mass is 16.5. The van der Waals surface area contributed by atoms with Crippen LogP contribution in [-0.4, -0.2) is 40.6 Å². The number of hydrogen-bond acceptors (Lipinski definition) is 3. The maximum atomic E-state index is 12.8. The van der Waals surface area contributed by atoms with Gasteiger partial charge in [-0.25, -0.2) is 4.52 Å². The molecule has 122 valence electrons. The number of hydrogen-bond donors (Lipinski definition) is 0. The van der Waals surface area contributed by atoms with Gasteiger partial charge in [0.25, 0.3) is 5.91 Å². The third-order valence-electron chi connectivity index (χ3n) is 4.51. The van der Waals surface area contributed by atoms with Crippen molar-refractivity contribution in [1.82, 2.24) is 14.5 Å². The summed E-state index contributed by atoms with van der Waals surface area (Å²) in [6.07, 6.45) is 4.00. The molecule has 1 saturated heterocycles. The van der Waals surface area contributed by atoms with Gasteiger partial charge in [-0.1, -0.05) is 18.2 Å². The maximum Gasteiger partial charge on any atom is 0.274 e. The maximum absolute atomic E-state index is 12.8. The summed E-state index contributed by atoms with van der Waals surface area (Å²) in [7, 11) is 1.66. The van der Waals surface area contributed by atoms with Gasteiger partial charge < -0.3 is 9.64 Å². The molecule has 1 amide bonds. The number of fused-ring (bicyclic) bond motifs is 1. The van der Waals surface area contributed by atoms with Gasteiger partial charge in [-0.2, -0.15) is 5.10 Å². The normalized spacial score (nSPS) is 14.3. The lowest BCUT2D eigenvalue weighted by Gasteiger charge is -2.16. The molecule has 0 saturated carbocycles. The molecule has 0 radical (unpaired) electrons. The lowest BCUT2D eigenvalue weighted by Crippen LogP contribution is -2.28. The van der Waals surface area contributed by atoms with E-state index in [2.05, 4.69) is 5.10 Å². The van der Waals surface area contributed by atoms with Crippen LogP contribution in [0.1, 0.15) is 23.3 Å². The predicted octanol–water partition coefficient (Wildman–Crippen LogP) is 3.25. The second-order valence-corrected chi connectivity index (χ2v) is 5.98. The number of benzene rings is 1. The zero-order valence-electron chi connectivity index (χ0n) is 13.6. The van der Waals surface area contributed by atoms with Gasteiger partial charge in [0.2, 0.25) is 0 Å². The highest BCUT2D eigenvalue weighted by Gasteiger charge is 2.22. The molecule has 0 bridgehead atoms. The van der Waals surface area contributed by atoms with Crippen LogP contribution in [0.15, 0.2) is 48.7 Å². The van der Waals surface area contributed by atoms with Crippen LogP contribution < -0.4 is 4.74 Å². The number of rotatable bonds is 3. The Bertz CT molecular complexity index is 895. The summed E-state index contributed by atoms with van der Waals surface area (Å²) in [5.41, 5.74) is 3.34. The van der Waals surface area contributed by atoms with Crippen molar-refractivity contribution in [3.63, 3.8) is 0 Å². The number of methoxy groups -OCH3 is 1. The molecule has 1 aromatic carbocycles. The summed E-state index contributed by atoms with van der Waals surface area (Å²) >= 11 is 0. The van der Waals surface area contributed by atoms with Gasteiger partial charge in [-0.15, -0.1) is 0 Å². The number of ether oxygens (including phenoxy) is 1. The lowest BCUT2D eigenvalue weighted by atomic mass is 10.0. The Kier molecular flexibility index (Phi) is 3.69. The first-order valence-corrected chi connectivity index (χ1v) is 8.19. The molecule has 0 unspecified atom stereocenters. The van der Waals surface area contributed by atoms with E-state index in [4.69, 9.17) is 4.74 Å². The molecule has 1 fully saturated rings. The molecule has 3 heterocycles. The summed E-state index contributed by atoms with van der Waals surface area (Å²) < 4.78 is 7.27. The summed E-state index contributed by atoms with van der Waals surface area (Å²) in [6, 6.07) is 13.7. The second kappa shape index (κ2) is 6.00. The Hall–Kier alpha value is -2.82. The number of carbonyl (C=O) groups is 1. The third kappa shape index (κ3) is 2.42. The molecule has 24 heavy (non-hydrogen) atoms. The van der Waals surface area contributed by atoms with Crippen LogP contribution in [0.25, 0.3) is 16.6 Å². The van der Waals surface area contributed by atoms with E-state index in [1.54, 1.807) is 11.6 Å². The molecular formula is C19H19N3O2. The van der Waals surface area contributed by atoms with Crippen molar-refractivity contribution < 1.29 is 9.53 Å². The number of likely N-dealkylation sites (tertiary alicyclic amines) is 1. The summed E-state index contributed by atoms with van der Waals surface area (Å²) in [5.74, 6) is 0.783. The van der Waals surface area contributed by atoms with Crippen molar-refractivity contribution in [3.8, 4) is 16.9 Å². The minimum absolute atomic E-state index is 0.000696. The fourth-order valence-electron chi connectivity index (χ4n) is 3.30. The van der Waals surface area contributed by atoms with E-state index in [0.29, 0.717) is 5.69 Å². The van der Waals surface area contributed by atoms with Gasteiger partial charge in [0.15, 0.2) is 0 Å². The zero-order chi connectivity index (χ0) is 16.5. The van der Waals surface area contributed by atoms with Crippen LogP contribution in [0.3, 0.4) is 0 Å². The van der Waals surface area contributed by atoms with E-state index in [1.807, 2.05) is 53.6 Å². The smallest absolute Gasteiger partial charge is 0.274 e. The van der Waals surface area contributed by atoms with Gasteiger partial charge in [-0.05, 0) is 37.1 Å². The van der Waals surface area contributed by atoms with Crippen LogP contribution in [0, 0.1) is 0 Å². The molecule has 0 aliphatic carbocycles. The van der Waals surface area contributed by atoms with Crippen LogP contribution in [0.4, 0.5) is 0 Å². The van der Waals surface area contributed by atoms with Crippen molar-refractivity contribution in [1.29, 1.82) is 0 Å². The Morgan fingerprint density at radius 1 is 1.08 bits per heavy atom. The van der Waals surface area contributed by atoms with Crippen LogP contribution in [-0.2, 0) is 0 Å². The molecular weight excluding hydrogens is 302 g/mol. The first-order valence-electron chi connectivity index (χ1n) is 8.19. The summed E-state index contributed by atoms with van der Waals surface area (Å²) in [5, 5.41) is 4.51. The van der Waals surface area contributed by atoms with Crippen molar-refractivity contribution in [2.24, 2.45) is 0 Å². The van der Waals surface area contributed by atoms with E-state index in [-0.39, 0.29) is 5.91 Å². The molecule has 1 aliphatic heterocycles. The van der Waals surface area contributed by atoms with E-state index < -0.39 is 0 Å². The quantitative estimate of drug-likeness (QED) is 0.744. The van der Waals surface area contributed by atoms with Gasteiger partial charge in [0, 0.05) is 30.4 Å². The van der Waals surface area contributed by atoms with Crippen molar-refractivity contribution >= 4 is 11.4 Å². The molecule has 4 rings (SSSR count). The fraction of sp³-hybridized carbons (Fsp3) is 0.263. The fourth-order valence-corrected chi connectivity index (χ4v) is 3.30. The second-order valence-electron chi connectivity index (χ2n) is 5.98. The van der Waals surface area contributed by atoms with E-state index >= 15 is 0 Å². The summed E-state index contributed by atoms with van der Waals surface area (Å²) in [4.78, 5) is 14.6. The van der Waals surface area contributed by atoms with Crippen LogP contribution >= 0.6 is 0 Å². The third-order valence-corrected chi connectivity index (χ3v) is 4.51. The van der Waals surface area contributed by atoms with Gasteiger partial charge in [-0.3, -0.25) is 4.79 Å². The Morgan fingerprint density at radius 2 is 1.88 bits per heavy atom. The minimum atomic E-state index is -0.000696. The number of nitrogens with zero attached hydrogens (tertiary/aromatic N) is 3. The minimum Gasteiger partial charge on any atom is -0.496 e. The van der Waals surface area contributed by atoms with E-state index in [0.717, 1.165) is 48.3 Å². The van der Waals surface area contributed by atoms with Gasteiger partial charge >= 0.3 is 0 Å². The van der Waals surface area contributed by atoms with E-state index in [9.17, 15) is 4.79 Å². The highest BCUT2D eigenvalue weighted by molar-refractivity contribution is 5.96. The largest absolute Gasteiger partial charge is 0.496 e. The molecule has 0 spiro atoms. The first kappa shape index (κ1) is 14.8. The SMILES string of the molecule is COc1ccccc1-c1cc(C(=O)N2CCCC2)nn2cccc12. The number of aromatic nitrogens is 2. The molecule has 0 atom stereocenters. The number of amides is 1. The molecule has 1 aliphatic rings. The zero-order valence-corrected chi connectivity index (χ0v) is 13.6. The first-order chi connectivity index (χ1) is 11.8. The number of carbonyl (C=O) groups excluding carboxylic acids is 1. The summed E-state index contributed by atoms with van der Waals surface area (Å²) in [6.45, 7) is 1.63. The van der Waals surface area contributed by atoms with Crippen LogP contribution in [0.5, 0.6) is 5.75 Å². The predicted molar refractivity (Wildman–Crippen MR) is 92.3 cm³/mol. The lowest BCUT2D eigenvalue weighted by molar-refractivity contribution is 0.0785.